The van der Waals surface area contributed by atoms with Gasteiger partial charge in [0.15, 0.2) is 11.1 Å². The monoisotopic (exact) mass is 343 g/mol. The van der Waals surface area contributed by atoms with Crippen molar-refractivity contribution in [2.45, 2.75) is 59.1 Å². The Morgan fingerprint density at radius 1 is 1.48 bits per heavy atom. The highest BCUT2D eigenvalue weighted by Gasteiger charge is 2.64. The Bertz CT molecular complexity index is 519. The van der Waals surface area contributed by atoms with E-state index in [4.69, 9.17) is 0 Å². The molecule has 2 aliphatic rings. The molecule has 0 aromatic rings. The van der Waals surface area contributed by atoms with E-state index in [1.165, 1.54) is 0 Å². The zero-order valence-electron chi connectivity index (χ0n) is 14.4. The molecule has 0 heterocycles. The molecule has 23 heavy (non-hydrogen) atoms. The van der Waals surface area contributed by atoms with Crippen molar-refractivity contribution >= 4 is 17.0 Å². The SMILES string of the molecule is C/C=C/[C@@H](O)[C@@H](C)C(=O)NC1CC2CCC1(CS(=O)O)C2(C)C. The molecule has 0 radical (unpaired) electrons. The van der Waals surface area contributed by atoms with Gasteiger partial charge in [0.05, 0.1) is 17.8 Å². The number of carbonyl (C=O) groups is 1. The summed E-state index contributed by atoms with van der Waals surface area (Å²) in [4.78, 5) is 12.5. The summed E-state index contributed by atoms with van der Waals surface area (Å²) in [7, 11) is 0. The van der Waals surface area contributed by atoms with E-state index in [9.17, 15) is 18.7 Å². The van der Waals surface area contributed by atoms with Gasteiger partial charge in [-0.15, -0.1) is 0 Å². The third kappa shape index (κ3) is 3.13. The van der Waals surface area contributed by atoms with Crippen molar-refractivity contribution in [3.8, 4) is 0 Å². The minimum Gasteiger partial charge on any atom is -0.388 e. The summed E-state index contributed by atoms with van der Waals surface area (Å²) in [6, 6.07) is -0.0971. The Labute approximate surface area is 141 Å². The number of allylic oxidation sites excluding steroid dienone is 1. The minimum atomic E-state index is -1.88. The first kappa shape index (κ1) is 18.6. The first-order valence-corrected chi connectivity index (χ1v) is 9.62. The molecular weight excluding hydrogens is 314 g/mol. The molecule has 3 N–H and O–H groups in total. The van der Waals surface area contributed by atoms with Gasteiger partial charge in [0, 0.05) is 11.5 Å². The number of aliphatic hydroxyl groups excluding tert-OH is 1. The smallest absolute Gasteiger partial charge is 0.226 e. The highest BCUT2D eigenvalue weighted by molar-refractivity contribution is 7.79. The number of hydrogen-bond acceptors (Lipinski definition) is 3. The number of hydrogen-bond donors (Lipinski definition) is 3. The molecule has 6 heteroatoms. The van der Waals surface area contributed by atoms with E-state index in [0.29, 0.717) is 5.92 Å². The molecule has 6 atom stereocenters. The standard InChI is InChI=1S/C17H29NO4S/c1-5-6-13(19)11(2)15(20)18-14-9-12-7-8-17(14,10-23(21)22)16(12,3)4/h5-6,11-14,19H,7-10H2,1-4H3,(H,18,20)(H,21,22)/b6-5+/t11-,12?,13-,14?,17?/m1/s1. The van der Waals surface area contributed by atoms with Crippen molar-refractivity contribution in [3.05, 3.63) is 12.2 Å². The van der Waals surface area contributed by atoms with Crippen LogP contribution in [0.5, 0.6) is 0 Å². The van der Waals surface area contributed by atoms with Crippen LogP contribution in [0.15, 0.2) is 12.2 Å². The molecule has 5 nitrogen and oxygen atoms in total. The zero-order chi connectivity index (χ0) is 17.4. The maximum atomic E-state index is 12.5. The van der Waals surface area contributed by atoms with E-state index in [1.807, 2.05) is 0 Å². The molecule has 2 fully saturated rings. The lowest BCUT2D eigenvalue weighted by Gasteiger charge is -2.42. The fourth-order valence-corrected chi connectivity index (χ4v) is 5.82. The van der Waals surface area contributed by atoms with Gasteiger partial charge in [-0.1, -0.05) is 32.9 Å². The van der Waals surface area contributed by atoms with Crippen LogP contribution in [-0.4, -0.2) is 37.7 Å². The quantitative estimate of drug-likeness (QED) is 0.509. The van der Waals surface area contributed by atoms with Gasteiger partial charge in [0.2, 0.25) is 5.91 Å². The van der Waals surface area contributed by atoms with Crippen LogP contribution < -0.4 is 5.32 Å². The molecule has 0 aromatic heterocycles. The molecule has 1 amide bonds. The van der Waals surface area contributed by atoms with E-state index in [0.717, 1.165) is 19.3 Å². The lowest BCUT2D eigenvalue weighted by Crippen LogP contribution is -2.53. The zero-order valence-corrected chi connectivity index (χ0v) is 15.2. The van der Waals surface area contributed by atoms with E-state index in [2.05, 4.69) is 19.2 Å². The number of nitrogens with one attached hydrogen (secondary N) is 1. The molecule has 4 unspecified atom stereocenters. The maximum absolute atomic E-state index is 12.5. The van der Waals surface area contributed by atoms with Gasteiger partial charge in [-0.2, -0.15) is 0 Å². The number of aliphatic hydroxyl groups is 1. The summed E-state index contributed by atoms with van der Waals surface area (Å²) >= 11 is -1.88. The summed E-state index contributed by atoms with van der Waals surface area (Å²) < 4.78 is 21.0. The Balaban J connectivity index is 2.16. The Morgan fingerprint density at radius 2 is 2.13 bits per heavy atom. The second-order valence-electron chi connectivity index (χ2n) is 7.68. The molecule has 2 saturated carbocycles. The topological polar surface area (TPSA) is 86.6 Å². The fourth-order valence-electron chi connectivity index (χ4n) is 4.67. The van der Waals surface area contributed by atoms with Gasteiger partial charge in [0.1, 0.15) is 0 Å². The Hall–Kier alpha value is -0.720. The lowest BCUT2D eigenvalue weighted by atomic mass is 9.69. The van der Waals surface area contributed by atoms with Gasteiger partial charge in [-0.3, -0.25) is 4.79 Å². The molecule has 0 spiro atoms. The first-order chi connectivity index (χ1) is 10.7. The molecule has 2 aliphatic carbocycles. The van der Waals surface area contributed by atoms with Gasteiger partial charge < -0.3 is 15.0 Å². The van der Waals surface area contributed by atoms with E-state index >= 15 is 0 Å². The van der Waals surface area contributed by atoms with Gasteiger partial charge >= 0.3 is 0 Å². The highest BCUT2D eigenvalue weighted by atomic mass is 32.2. The average molecular weight is 343 g/mol. The third-order valence-electron chi connectivity index (χ3n) is 6.44. The summed E-state index contributed by atoms with van der Waals surface area (Å²) in [5.74, 6) is -0.0583. The summed E-state index contributed by atoms with van der Waals surface area (Å²) in [6.07, 6.45) is 5.29. The number of amides is 1. The van der Waals surface area contributed by atoms with Crippen molar-refractivity contribution in [3.63, 3.8) is 0 Å². The Kier molecular flexibility index (Phi) is 5.38. The normalized spacial score (nSPS) is 36.1. The van der Waals surface area contributed by atoms with Crippen LogP contribution in [0.4, 0.5) is 0 Å². The lowest BCUT2D eigenvalue weighted by molar-refractivity contribution is -0.128. The van der Waals surface area contributed by atoms with Crippen molar-refractivity contribution < 1.29 is 18.7 Å². The summed E-state index contributed by atoms with van der Waals surface area (Å²) in [5.41, 5.74) is -0.396. The minimum absolute atomic E-state index is 0.0610. The van der Waals surface area contributed by atoms with Crippen LogP contribution in [-0.2, 0) is 15.9 Å². The van der Waals surface area contributed by atoms with Crippen LogP contribution in [0.25, 0.3) is 0 Å². The van der Waals surface area contributed by atoms with Crippen LogP contribution in [0, 0.1) is 22.7 Å². The predicted molar refractivity (Wildman–Crippen MR) is 91.1 cm³/mol. The van der Waals surface area contributed by atoms with Crippen molar-refractivity contribution in [1.82, 2.24) is 5.32 Å². The second-order valence-corrected chi connectivity index (χ2v) is 8.61. The van der Waals surface area contributed by atoms with Crippen molar-refractivity contribution in [2.75, 3.05) is 5.75 Å². The molecule has 0 aliphatic heterocycles. The molecule has 0 saturated heterocycles. The van der Waals surface area contributed by atoms with E-state index in [1.54, 1.807) is 26.0 Å². The molecule has 0 aromatic carbocycles. The fraction of sp³-hybridized carbons (Fsp3) is 0.824. The number of fused-ring (bicyclic) bond motifs is 2. The molecule has 2 bridgehead atoms. The third-order valence-corrected chi connectivity index (χ3v) is 7.21. The number of rotatable bonds is 6. The largest absolute Gasteiger partial charge is 0.388 e. The molecular formula is C17H29NO4S. The highest BCUT2D eigenvalue weighted by Crippen LogP contribution is 2.65. The van der Waals surface area contributed by atoms with Crippen LogP contribution in [0.2, 0.25) is 0 Å². The van der Waals surface area contributed by atoms with Crippen LogP contribution in [0.3, 0.4) is 0 Å². The van der Waals surface area contributed by atoms with Crippen LogP contribution in [0.1, 0.15) is 47.0 Å². The second kappa shape index (κ2) is 6.65. The van der Waals surface area contributed by atoms with Gasteiger partial charge in [-0.05, 0) is 37.5 Å². The summed E-state index contributed by atoms with van der Waals surface area (Å²) in [5, 5.41) is 13.0. The predicted octanol–water partition coefficient (Wildman–Crippen LogP) is 2.09. The first-order valence-electron chi connectivity index (χ1n) is 8.34. The van der Waals surface area contributed by atoms with E-state index < -0.39 is 23.1 Å². The number of carbonyl (C=O) groups excluding carboxylic acids is 1. The molecule has 2 rings (SSSR count). The average Bonchev–Trinajstić information content (AvgIpc) is 2.80. The summed E-state index contributed by atoms with van der Waals surface area (Å²) in [6.45, 7) is 7.82. The van der Waals surface area contributed by atoms with E-state index in [-0.39, 0.29) is 28.5 Å². The van der Waals surface area contributed by atoms with Gasteiger partial charge in [0.25, 0.3) is 0 Å². The maximum Gasteiger partial charge on any atom is 0.226 e. The van der Waals surface area contributed by atoms with Crippen LogP contribution >= 0.6 is 0 Å². The van der Waals surface area contributed by atoms with Crippen molar-refractivity contribution in [1.29, 1.82) is 0 Å². The van der Waals surface area contributed by atoms with Crippen molar-refractivity contribution in [2.24, 2.45) is 22.7 Å². The van der Waals surface area contributed by atoms with Gasteiger partial charge in [-0.25, -0.2) is 4.21 Å². The Morgan fingerprint density at radius 3 is 2.65 bits per heavy atom. The molecule has 132 valence electrons.